The second-order valence-corrected chi connectivity index (χ2v) is 16.5. The van der Waals surface area contributed by atoms with Crippen molar-refractivity contribution in [3.63, 3.8) is 0 Å². The van der Waals surface area contributed by atoms with Crippen LogP contribution >= 0.6 is 0 Å². The Kier molecular flexibility index (Phi) is 7.64. The number of hydrogen-bond donors (Lipinski definition) is 0. The van der Waals surface area contributed by atoms with Gasteiger partial charge in [-0.1, -0.05) is 155 Å². The largest absolute Gasteiger partial charge is 0.309 e. The lowest BCUT2D eigenvalue weighted by molar-refractivity contribution is 0.332. The molecular formula is C52H43N3. The SMILES string of the molecule is CC1(C)CCC(C)(C)c2cc3c(cc21)c1ccccc1n3-c1cccc(-c2nc(-c3ccccc3)cc(-c3ccc(-c4cccc5ccccc45)cc3)n2)c1. The highest BCUT2D eigenvalue weighted by molar-refractivity contribution is 6.10. The van der Waals surface area contributed by atoms with Crippen molar-refractivity contribution in [2.24, 2.45) is 0 Å². The fourth-order valence-corrected chi connectivity index (χ4v) is 8.87. The van der Waals surface area contributed by atoms with Crippen molar-refractivity contribution >= 4 is 32.6 Å². The molecule has 2 aromatic heterocycles. The molecule has 3 nitrogen and oxygen atoms in total. The van der Waals surface area contributed by atoms with Gasteiger partial charge in [-0.15, -0.1) is 0 Å². The van der Waals surface area contributed by atoms with E-state index in [9.17, 15) is 0 Å². The van der Waals surface area contributed by atoms with Crippen molar-refractivity contribution in [2.75, 3.05) is 0 Å². The summed E-state index contributed by atoms with van der Waals surface area (Å²) in [6, 6.07) is 59.0. The molecule has 1 aliphatic carbocycles. The summed E-state index contributed by atoms with van der Waals surface area (Å²) in [4.78, 5) is 10.5. The average molecular weight is 710 g/mol. The van der Waals surface area contributed by atoms with Crippen molar-refractivity contribution < 1.29 is 0 Å². The van der Waals surface area contributed by atoms with E-state index in [-0.39, 0.29) is 10.8 Å². The van der Waals surface area contributed by atoms with E-state index in [1.54, 1.807) is 0 Å². The predicted molar refractivity (Wildman–Crippen MR) is 231 cm³/mol. The Labute approximate surface area is 323 Å². The molecule has 7 aromatic carbocycles. The van der Waals surface area contributed by atoms with Gasteiger partial charge in [-0.25, -0.2) is 9.97 Å². The summed E-state index contributed by atoms with van der Waals surface area (Å²) in [7, 11) is 0. The summed E-state index contributed by atoms with van der Waals surface area (Å²) in [5, 5.41) is 5.08. The van der Waals surface area contributed by atoms with Gasteiger partial charge >= 0.3 is 0 Å². The Morgan fingerprint density at radius 3 is 1.78 bits per heavy atom. The molecule has 1 aliphatic rings. The number of para-hydroxylation sites is 1. The maximum absolute atomic E-state index is 5.27. The third kappa shape index (κ3) is 5.65. The van der Waals surface area contributed by atoms with Crippen molar-refractivity contribution in [1.82, 2.24) is 14.5 Å². The number of hydrogen-bond acceptors (Lipinski definition) is 2. The zero-order valence-electron chi connectivity index (χ0n) is 31.8. The Morgan fingerprint density at radius 1 is 0.436 bits per heavy atom. The Bertz CT molecular complexity index is 2910. The highest BCUT2D eigenvalue weighted by Gasteiger charge is 2.37. The molecule has 0 bridgehead atoms. The second-order valence-electron chi connectivity index (χ2n) is 16.5. The number of aromatic nitrogens is 3. The fourth-order valence-electron chi connectivity index (χ4n) is 8.87. The molecule has 10 rings (SSSR count). The molecule has 0 spiro atoms. The number of benzene rings is 7. The molecule has 0 aliphatic heterocycles. The summed E-state index contributed by atoms with van der Waals surface area (Å²) in [6.45, 7) is 9.64. The molecule has 0 N–H and O–H groups in total. The molecule has 55 heavy (non-hydrogen) atoms. The second kappa shape index (κ2) is 12.6. The third-order valence-electron chi connectivity index (χ3n) is 12.1. The molecule has 0 fully saturated rings. The van der Waals surface area contributed by atoms with Crippen LogP contribution in [0.25, 0.3) is 83.3 Å². The highest BCUT2D eigenvalue weighted by atomic mass is 15.0. The first kappa shape index (κ1) is 33.3. The van der Waals surface area contributed by atoms with E-state index >= 15 is 0 Å². The molecule has 266 valence electrons. The van der Waals surface area contributed by atoms with Crippen molar-refractivity contribution in [2.45, 2.75) is 51.4 Å². The molecule has 9 aromatic rings. The number of fused-ring (bicyclic) bond motifs is 5. The first-order valence-corrected chi connectivity index (χ1v) is 19.5. The molecular weight excluding hydrogens is 667 g/mol. The molecule has 2 heterocycles. The number of nitrogens with zero attached hydrogens (tertiary/aromatic N) is 3. The van der Waals surface area contributed by atoms with Gasteiger partial charge in [0, 0.05) is 33.2 Å². The van der Waals surface area contributed by atoms with Crippen LogP contribution in [0.3, 0.4) is 0 Å². The molecule has 3 heteroatoms. The highest BCUT2D eigenvalue weighted by Crippen LogP contribution is 2.48. The maximum Gasteiger partial charge on any atom is 0.160 e. The smallest absolute Gasteiger partial charge is 0.160 e. The van der Waals surface area contributed by atoms with Crippen LogP contribution in [0.1, 0.15) is 51.7 Å². The van der Waals surface area contributed by atoms with Crippen molar-refractivity contribution in [3.8, 4) is 50.7 Å². The summed E-state index contributed by atoms with van der Waals surface area (Å²) in [6.07, 6.45) is 2.37. The van der Waals surface area contributed by atoms with Gasteiger partial charge in [0.15, 0.2) is 5.82 Å². The minimum absolute atomic E-state index is 0.109. The van der Waals surface area contributed by atoms with Crippen LogP contribution in [0, 0.1) is 0 Å². The van der Waals surface area contributed by atoms with Crippen molar-refractivity contribution in [3.05, 3.63) is 175 Å². The lowest BCUT2D eigenvalue weighted by Gasteiger charge is -2.42. The van der Waals surface area contributed by atoms with Gasteiger partial charge in [-0.3, -0.25) is 0 Å². The zero-order valence-corrected chi connectivity index (χ0v) is 31.8. The van der Waals surface area contributed by atoms with E-state index in [2.05, 4.69) is 190 Å². The Hall–Kier alpha value is -6.32. The normalized spacial score (nSPS) is 14.7. The summed E-state index contributed by atoms with van der Waals surface area (Å²) in [5.41, 5.74) is 14.1. The van der Waals surface area contributed by atoms with E-state index in [1.165, 1.54) is 67.7 Å². The first-order valence-electron chi connectivity index (χ1n) is 19.5. The van der Waals surface area contributed by atoms with Gasteiger partial charge < -0.3 is 4.57 Å². The quantitative estimate of drug-likeness (QED) is 0.178. The van der Waals surface area contributed by atoms with Gasteiger partial charge in [0.05, 0.1) is 22.4 Å². The minimum Gasteiger partial charge on any atom is -0.309 e. The van der Waals surface area contributed by atoms with E-state index in [4.69, 9.17) is 9.97 Å². The van der Waals surface area contributed by atoms with E-state index in [1.807, 2.05) is 6.07 Å². The zero-order chi connectivity index (χ0) is 37.3. The Balaban J connectivity index is 1.12. The molecule has 0 amide bonds. The van der Waals surface area contributed by atoms with Crippen LogP contribution in [0.5, 0.6) is 0 Å². The van der Waals surface area contributed by atoms with Crippen LogP contribution in [0.2, 0.25) is 0 Å². The fraction of sp³-hybridized carbons (Fsp3) is 0.154. The van der Waals surface area contributed by atoms with Crippen LogP contribution in [0.4, 0.5) is 0 Å². The van der Waals surface area contributed by atoms with Gasteiger partial charge in [0.25, 0.3) is 0 Å². The topological polar surface area (TPSA) is 30.7 Å². The minimum atomic E-state index is 0.109. The maximum atomic E-state index is 5.27. The first-order chi connectivity index (χ1) is 26.7. The molecule has 0 radical (unpaired) electrons. The van der Waals surface area contributed by atoms with Gasteiger partial charge in [0.1, 0.15) is 0 Å². The summed E-state index contributed by atoms with van der Waals surface area (Å²) >= 11 is 0. The van der Waals surface area contributed by atoms with Crippen LogP contribution in [-0.4, -0.2) is 14.5 Å². The lowest BCUT2D eigenvalue weighted by Crippen LogP contribution is -2.33. The molecule has 0 saturated carbocycles. The van der Waals surface area contributed by atoms with Gasteiger partial charge in [-0.2, -0.15) is 0 Å². The van der Waals surface area contributed by atoms with Gasteiger partial charge in [-0.05, 0) is 93.1 Å². The average Bonchev–Trinajstić information content (AvgIpc) is 3.56. The summed E-state index contributed by atoms with van der Waals surface area (Å²) < 4.78 is 2.44. The monoisotopic (exact) mass is 709 g/mol. The molecule has 0 unspecified atom stereocenters. The standard InChI is InChI=1S/C52H43N3/c1-51(2)28-29-52(3,4)45-32-49-43(31-44(45)51)42-21-10-11-23-48(42)55(49)39-19-12-18-38(30-39)50-53-46(36-15-6-5-7-16-36)33-47(54-50)37-26-24-35(25-27-37)41-22-13-17-34-14-8-9-20-40(34)41/h5-27,30-33H,28-29H2,1-4H3. The lowest BCUT2D eigenvalue weighted by atomic mass is 9.63. The Morgan fingerprint density at radius 2 is 1.02 bits per heavy atom. The van der Waals surface area contributed by atoms with Gasteiger partial charge in [0.2, 0.25) is 0 Å². The third-order valence-corrected chi connectivity index (χ3v) is 12.1. The van der Waals surface area contributed by atoms with E-state index in [0.29, 0.717) is 5.82 Å². The van der Waals surface area contributed by atoms with E-state index < -0.39 is 0 Å². The van der Waals surface area contributed by atoms with E-state index in [0.717, 1.165) is 33.8 Å². The summed E-state index contributed by atoms with van der Waals surface area (Å²) in [5.74, 6) is 0.706. The molecule has 0 saturated heterocycles. The van der Waals surface area contributed by atoms with Crippen LogP contribution in [-0.2, 0) is 10.8 Å². The predicted octanol–water partition coefficient (Wildman–Crippen LogP) is 13.7. The molecule has 0 atom stereocenters. The van der Waals surface area contributed by atoms with Crippen LogP contribution < -0.4 is 0 Å². The number of rotatable bonds is 5. The van der Waals surface area contributed by atoms with Crippen LogP contribution in [0.15, 0.2) is 164 Å². The van der Waals surface area contributed by atoms with Crippen molar-refractivity contribution in [1.29, 1.82) is 0 Å².